The fourth-order valence-corrected chi connectivity index (χ4v) is 4.75. The Hall–Kier alpha value is -4.43. The molecule has 0 radical (unpaired) electrons. The third kappa shape index (κ3) is 4.90. The van der Waals surface area contributed by atoms with Gasteiger partial charge in [0.2, 0.25) is 0 Å². The Morgan fingerprint density at radius 3 is 2.37 bits per heavy atom. The van der Waals surface area contributed by atoms with E-state index in [-0.39, 0.29) is 11.8 Å². The second-order valence-corrected chi connectivity index (χ2v) is 9.55. The Morgan fingerprint density at radius 1 is 0.974 bits per heavy atom. The zero-order valence-electron chi connectivity index (χ0n) is 21.6. The number of aromatic hydroxyl groups is 1. The SMILES string of the molecule is COC(=O)c1ccc2c(C(=Nc3ccc(C(=O)N4CCN(C)[C@@H](C)C4)cc3)c3ccccc3)c(O)[nH]c2c1. The summed E-state index contributed by atoms with van der Waals surface area (Å²) in [5.41, 5.74) is 4.13. The van der Waals surface area contributed by atoms with Gasteiger partial charge in [-0.15, -0.1) is 0 Å². The average molecular weight is 511 g/mol. The predicted molar refractivity (Wildman–Crippen MR) is 147 cm³/mol. The minimum atomic E-state index is -0.458. The summed E-state index contributed by atoms with van der Waals surface area (Å²) in [5, 5.41) is 11.6. The van der Waals surface area contributed by atoms with Crippen LogP contribution in [0.15, 0.2) is 77.8 Å². The first-order valence-electron chi connectivity index (χ1n) is 12.5. The number of rotatable bonds is 5. The molecule has 1 aliphatic heterocycles. The summed E-state index contributed by atoms with van der Waals surface area (Å²) in [7, 11) is 3.40. The first kappa shape index (κ1) is 25.2. The van der Waals surface area contributed by atoms with Gasteiger partial charge >= 0.3 is 5.97 Å². The highest BCUT2D eigenvalue weighted by Gasteiger charge is 2.25. The zero-order chi connectivity index (χ0) is 26.8. The van der Waals surface area contributed by atoms with Crippen LogP contribution in [0.2, 0.25) is 0 Å². The Morgan fingerprint density at radius 2 is 1.68 bits per heavy atom. The molecular weight excluding hydrogens is 480 g/mol. The van der Waals surface area contributed by atoms with E-state index in [2.05, 4.69) is 23.9 Å². The van der Waals surface area contributed by atoms with Crippen LogP contribution < -0.4 is 0 Å². The van der Waals surface area contributed by atoms with Gasteiger partial charge in [-0.05, 0) is 50.4 Å². The van der Waals surface area contributed by atoms with Gasteiger partial charge < -0.3 is 24.6 Å². The number of aromatic nitrogens is 1. The molecule has 0 aliphatic carbocycles. The number of aliphatic imine (C=N–C) groups is 1. The number of methoxy groups -OCH3 is 1. The Bertz CT molecular complexity index is 1510. The van der Waals surface area contributed by atoms with E-state index >= 15 is 0 Å². The summed E-state index contributed by atoms with van der Waals surface area (Å²) >= 11 is 0. The van der Waals surface area contributed by atoms with Crippen molar-refractivity contribution in [2.75, 3.05) is 33.8 Å². The van der Waals surface area contributed by atoms with E-state index in [0.29, 0.717) is 58.1 Å². The highest BCUT2D eigenvalue weighted by Crippen LogP contribution is 2.32. The van der Waals surface area contributed by atoms with Crippen LogP contribution in [-0.4, -0.2) is 77.3 Å². The van der Waals surface area contributed by atoms with Gasteiger partial charge in [-0.2, -0.15) is 0 Å². The summed E-state index contributed by atoms with van der Waals surface area (Å²) in [4.78, 5) is 37.1. The van der Waals surface area contributed by atoms with Crippen LogP contribution in [0.5, 0.6) is 5.88 Å². The molecule has 0 bridgehead atoms. The number of hydrogen-bond acceptors (Lipinski definition) is 6. The number of fused-ring (bicyclic) bond motifs is 1. The molecule has 1 aromatic heterocycles. The number of piperazine rings is 1. The summed E-state index contributed by atoms with van der Waals surface area (Å²) < 4.78 is 4.82. The number of benzene rings is 3. The van der Waals surface area contributed by atoms with Gasteiger partial charge in [0.25, 0.3) is 5.91 Å². The Labute approximate surface area is 221 Å². The molecule has 1 fully saturated rings. The Balaban J connectivity index is 1.52. The number of ether oxygens (including phenoxy) is 1. The Kier molecular flexibility index (Phi) is 6.98. The average Bonchev–Trinajstić information content (AvgIpc) is 3.27. The van der Waals surface area contributed by atoms with Crippen LogP contribution in [0.1, 0.15) is 38.8 Å². The molecule has 0 spiro atoms. The zero-order valence-corrected chi connectivity index (χ0v) is 21.6. The third-order valence-electron chi connectivity index (χ3n) is 7.09. The van der Waals surface area contributed by atoms with Crippen molar-refractivity contribution in [2.45, 2.75) is 13.0 Å². The predicted octanol–water partition coefficient (Wildman–Crippen LogP) is 4.61. The topological polar surface area (TPSA) is 98.2 Å². The minimum Gasteiger partial charge on any atom is -0.494 e. The van der Waals surface area contributed by atoms with E-state index in [1.165, 1.54) is 7.11 Å². The van der Waals surface area contributed by atoms with Gasteiger partial charge in [0.1, 0.15) is 0 Å². The smallest absolute Gasteiger partial charge is 0.337 e. The van der Waals surface area contributed by atoms with Crippen molar-refractivity contribution in [2.24, 2.45) is 4.99 Å². The van der Waals surface area contributed by atoms with Gasteiger partial charge in [0.05, 0.1) is 29.6 Å². The maximum atomic E-state index is 13.1. The van der Waals surface area contributed by atoms with E-state index in [4.69, 9.17) is 9.73 Å². The summed E-state index contributed by atoms with van der Waals surface area (Å²) in [6.07, 6.45) is 0. The van der Waals surface area contributed by atoms with Crippen molar-refractivity contribution in [1.82, 2.24) is 14.8 Å². The van der Waals surface area contributed by atoms with Crippen LogP contribution >= 0.6 is 0 Å². The van der Waals surface area contributed by atoms with Crippen LogP contribution in [0.25, 0.3) is 10.9 Å². The van der Waals surface area contributed by atoms with Crippen molar-refractivity contribution in [1.29, 1.82) is 0 Å². The highest BCUT2D eigenvalue weighted by atomic mass is 16.5. The second kappa shape index (κ2) is 10.5. The van der Waals surface area contributed by atoms with Crippen molar-refractivity contribution >= 4 is 34.2 Å². The second-order valence-electron chi connectivity index (χ2n) is 9.55. The fraction of sp³-hybridized carbons (Fsp3) is 0.233. The van der Waals surface area contributed by atoms with Crippen LogP contribution in [0, 0.1) is 0 Å². The summed E-state index contributed by atoms with van der Waals surface area (Å²) in [5.74, 6) is -0.500. The highest BCUT2D eigenvalue weighted by molar-refractivity contribution is 6.22. The van der Waals surface area contributed by atoms with Gasteiger partial charge in [-0.3, -0.25) is 4.79 Å². The molecule has 5 rings (SSSR count). The lowest BCUT2D eigenvalue weighted by Gasteiger charge is -2.37. The molecule has 1 aliphatic rings. The first-order valence-corrected chi connectivity index (χ1v) is 12.5. The quantitative estimate of drug-likeness (QED) is 0.302. The maximum Gasteiger partial charge on any atom is 0.337 e. The van der Waals surface area contributed by atoms with Gasteiger partial charge in [-0.25, -0.2) is 9.79 Å². The molecule has 3 aromatic carbocycles. The molecule has 8 nitrogen and oxygen atoms in total. The van der Waals surface area contributed by atoms with Gasteiger partial charge in [0.15, 0.2) is 5.88 Å². The maximum absolute atomic E-state index is 13.1. The van der Waals surface area contributed by atoms with E-state index in [0.717, 1.165) is 12.1 Å². The number of likely N-dealkylation sites (N-methyl/N-ethyl adjacent to an activating group) is 1. The van der Waals surface area contributed by atoms with E-state index < -0.39 is 5.97 Å². The number of H-pyrrole nitrogens is 1. The lowest BCUT2D eigenvalue weighted by atomic mass is 10.00. The summed E-state index contributed by atoms with van der Waals surface area (Å²) in [6.45, 7) is 4.38. The molecule has 2 heterocycles. The molecule has 1 saturated heterocycles. The number of carbonyl (C=O) groups excluding carboxylic acids is 2. The molecular formula is C30H30N4O4. The van der Waals surface area contributed by atoms with E-state index in [1.807, 2.05) is 47.4 Å². The van der Waals surface area contributed by atoms with Gasteiger partial charge in [0, 0.05) is 47.7 Å². The molecule has 38 heavy (non-hydrogen) atoms. The number of nitrogens with zero attached hydrogens (tertiary/aromatic N) is 3. The number of nitrogens with one attached hydrogen (secondary N) is 1. The minimum absolute atomic E-state index is 0.0134. The molecule has 2 N–H and O–H groups in total. The first-order chi connectivity index (χ1) is 18.4. The van der Waals surface area contributed by atoms with Gasteiger partial charge in [-0.1, -0.05) is 36.4 Å². The van der Waals surface area contributed by atoms with E-state index in [1.54, 1.807) is 30.3 Å². The number of amides is 1. The number of hydrogen-bond donors (Lipinski definition) is 2. The van der Waals surface area contributed by atoms with Crippen molar-refractivity contribution < 1.29 is 19.4 Å². The molecule has 1 atom stereocenters. The third-order valence-corrected chi connectivity index (χ3v) is 7.09. The molecule has 8 heteroatoms. The number of esters is 1. The monoisotopic (exact) mass is 510 g/mol. The summed E-state index contributed by atoms with van der Waals surface area (Å²) in [6, 6.07) is 22.2. The van der Waals surface area contributed by atoms with Crippen molar-refractivity contribution in [3.05, 3.63) is 95.1 Å². The largest absolute Gasteiger partial charge is 0.494 e. The normalized spacial score (nSPS) is 16.6. The van der Waals surface area contributed by atoms with E-state index in [9.17, 15) is 14.7 Å². The van der Waals surface area contributed by atoms with Crippen LogP contribution in [-0.2, 0) is 4.74 Å². The van der Waals surface area contributed by atoms with Crippen LogP contribution in [0.4, 0.5) is 5.69 Å². The van der Waals surface area contributed by atoms with Crippen molar-refractivity contribution in [3.8, 4) is 5.88 Å². The fourth-order valence-electron chi connectivity index (χ4n) is 4.75. The molecule has 194 valence electrons. The molecule has 0 saturated carbocycles. The van der Waals surface area contributed by atoms with Crippen LogP contribution in [0.3, 0.4) is 0 Å². The van der Waals surface area contributed by atoms with Crippen molar-refractivity contribution in [3.63, 3.8) is 0 Å². The lowest BCUT2D eigenvalue weighted by Crippen LogP contribution is -2.51. The molecule has 1 amide bonds. The number of aromatic amines is 1. The number of carbonyl (C=O) groups is 2. The standard InChI is InChI=1S/C30H30N4O4/c1-19-18-34(16-15-33(19)2)29(36)21-9-12-23(13-10-21)31-27(20-7-5-4-6-8-20)26-24-14-11-22(30(37)38-3)17-25(24)32-28(26)35/h4-14,17,19,32,35H,15-16,18H2,1-3H3/t19-/m0/s1. The molecule has 4 aromatic rings. The lowest BCUT2D eigenvalue weighted by molar-refractivity contribution is 0.0571. The molecule has 0 unspecified atom stereocenters.